The largest absolute Gasteiger partial charge is 0.394 e. The highest BCUT2D eigenvalue weighted by atomic mass is 32.2. The summed E-state index contributed by atoms with van der Waals surface area (Å²) in [6.07, 6.45) is -5.14. The first-order chi connectivity index (χ1) is 10.5. The Labute approximate surface area is 133 Å². The van der Waals surface area contributed by atoms with Crippen LogP contribution in [0.15, 0.2) is 17.0 Å². The highest BCUT2D eigenvalue weighted by Crippen LogP contribution is 2.47. The molecule has 0 saturated heterocycles. The Kier molecular flexibility index (Phi) is 5.97. The molecule has 138 valence electrons. The van der Waals surface area contributed by atoms with Gasteiger partial charge in [-0.15, -0.1) is 0 Å². The fourth-order valence-corrected chi connectivity index (χ4v) is 3.59. The van der Waals surface area contributed by atoms with E-state index in [1.54, 1.807) is 0 Å². The Morgan fingerprint density at radius 1 is 1.29 bits per heavy atom. The molecule has 0 saturated carbocycles. The van der Waals surface area contributed by atoms with Crippen LogP contribution in [0.2, 0.25) is 0 Å². The average Bonchev–Trinajstić information content (AvgIpc) is 2.70. The third-order valence-corrected chi connectivity index (χ3v) is 5.15. The predicted octanol–water partition coefficient (Wildman–Crippen LogP) is 0.956. The van der Waals surface area contributed by atoms with Crippen molar-refractivity contribution in [1.82, 2.24) is 0 Å². The van der Waals surface area contributed by atoms with Gasteiger partial charge in [-0.2, -0.15) is 8.78 Å². The third-order valence-electron chi connectivity index (χ3n) is 3.71. The maximum atomic E-state index is 13.8. The first kappa shape index (κ1) is 20.7. The molecule has 24 heavy (non-hydrogen) atoms. The van der Waals surface area contributed by atoms with E-state index in [0.717, 1.165) is 6.07 Å². The van der Waals surface area contributed by atoms with E-state index >= 15 is 0 Å². The van der Waals surface area contributed by atoms with Gasteiger partial charge in [-0.3, -0.25) is 4.70 Å². The SMILES string of the molecule is F.O=S(=O)(c1ccc(CC(O)CO)c2c1C(O)C(F)(F)C2)C(F)F. The number of benzene rings is 1. The van der Waals surface area contributed by atoms with E-state index in [1.807, 2.05) is 0 Å². The van der Waals surface area contributed by atoms with E-state index in [4.69, 9.17) is 5.11 Å². The van der Waals surface area contributed by atoms with Gasteiger partial charge in [0, 0.05) is 18.4 Å². The van der Waals surface area contributed by atoms with Crippen LogP contribution in [-0.2, 0) is 22.7 Å². The fraction of sp³-hybridized carbons (Fsp3) is 0.538. The molecule has 2 unspecified atom stereocenters. The van der Waals surface area contributed by atoms with Crippen LogP contribution >= 0.6 is 0 Å². The topological polar surface area (TPSA) is 94.8 Å². The summed E-state index contributed by atoms with van der Waals surface area (Å²) in [6, 6.07) is 1.74. The third kappa shape index (κ3) is 3.39. The normalized spacial score (nSPS) is 20.6. The number of hydrogen-bond acceptors (Lipinski definition) is 5. The van der Waals surface area contributed by atoms with Gasteiger partial charge in [-0.1, -0.05) is 6.07 Å². The number of rotatable bonds is 5. The summed E-state index contributed by atoms with van der Waals surface area (Å²) < 4.78 is 76.2. The van der Waals surface area contributed by atoms with Gasteiger partial charge in [0.1, 0.15) is 6.10 Å². The maximum Gasteiger partial charge on any atom is 0.341 e. The number of halogens is 5. The summed E-state index contributed by atoms with van der Waals surface area (Å²) in [5.74, 6) is -7.53. The number of fused-ring (bicyclic) bond motifs is 1. The molecule has 1 aromatic rings. The van der Waals surface area contributed by atoms with Crippen LogP contribution in [0.25, 0.3) is 0 Å². The molecule has 2 atom stereocenters. The number of sulfone groups is 1. The molecule has 0 heterocycles. The first-order valence-corrected chi connectivity index (χ1v) is 8.08. The van der Waals surface area contributed by atoms with Gasteiger partial charge in [0.05, 0.1) is 17.6 Å². The lowest BCUT2D eigenvalue weighted by Gasteiger charge is -2.17. The predicted molar refractivity (Wildman–Crippen MR) is 72.5 cm³/mol. The smallest absolute Gasteiger partial charge is 0.341 e. The molecule has 0 fully saturated rings. The average molecular weight is 378 g/mol. The second-order valence-corrected chi connectivity index (χ2v) is 7.19. The summed E-state index contributed by atoms with van der Waals surface area (Å²) in [6.45, 7) is -0.662. The fourth-order valence-electron chi connectivity index (χ4n) is 2.59. The number of alkyl halides is 4. The molecule has 0 aliphatic heterocycles. The van der Waals surface area contributed by atoms with E-state index in [0.29, 0.717) is 6.07 Å². The van der Waals surface area contributed by atoms with Gasteiger partial charge in [0.2, 0.25) is 9.84 Å². The van der Waals surface area contributed by atoms with E-state index in [2.05, 4.69) is 0 Å². The van der Waals surface area contributed by atoms with Crippen molar-refractivity contribution in [2.24, 2.45) is 0 Å². The Morgan fingerprint density at radius 2 is 1.88 bits per heavy atom. The van der Waals surface area contributed by atoms with Crippen molar-refractivity contribution in [3.63, 3.8) is 0 Å². The minimum absolute atomic E-state index is 0. The van der Waals surface area contributed by atoms with Gasteiger partial charge >= 0.3 is 5.76 Å². The monoisotopic (exact) mass is 378 g/mol. The number of hydrogen-bond donors (Lipinski definition) is 3. The van der Waals surface area contributed by atoms with Gasteiger partial charge < -0.3 is 15.3 Å². The summed E-state index contributed by atoms with van der Waals surface area (Å²) >= 11 is 0. The second-order valence-electron chi connectivity index (χ2n) is 5.30. The summed E-state index contributed by atoms with van der Waals surface area (Å²) in [5.41, 5.74) is -0.999. The molecular formula is C13H15F5O5S. The van der Waals surface area contributed by atoms with Crippen molar-refractivity contribution in [2.45, 2.75) is 41.6 Å². The molecule has 0 radical (unpaired) electrons. The number of aliphatic hydroxyl groups excluding tert-OH is 3. The molecule has 0 spiro atoms. The van der Waals surface area contributed by atoms with E-state index in [1.165, 1.54) is 0 Å². The minimum atomic E-state index is -5.17. The molecule has 0 amide bonds. The van der Waals surface area contributed by atoms with Crippen LogP contribution in [-0.4, -0.2) is 48.1 Å². The quantitative estimate of drug-likeness (QED) is 0.664. The van der Waals surface area contributed by atoms with Crippen molar-refractivity contribution in [3.8, 4) is 0 Å². The van der Waals surface area contributed by atoms with Gasteiger partial charge in [-0.25, -0.2) is 17.2 Å². The molecule has 1 aliphatic carbocycles. The Balaban J connectivity index is 0.00000288. The van der Waals surface area contributed by atoms with Crippen LogP contribution in [0.4, 0.5) is 22.3 Å². The molecule has 1 aliphatic rings. The van der Waals surface area contributed by atoms with E-state index in [-0.39, 0.29) is 22.3 Å². The van der Waals surface area contributed by atoms with Gasteiger partial charge in [0.25, 0.3) is 5.92 Å². The minimum Gasteiger partial charge on any atom is -0.394 e. The molecule has 3 N–H and O–H groups in total. The standard InChI is InChI=1S/C13H14F4O5S.FH/c14-12(15)23(21,22)9-2-1-6(3-7(19)5-18)8-4-13(16,17)11(20)10(8)9;/h1-2,7,11-12,18-20H,3-5H2;1H. The Hall–Kier alpha value is -1.30. The summed E-state index contributed by atoms with van der Waals surface area (Å²) in [5, 5.41) is 27.9. The highest BCUT2D eigenvalue weighted by molar-refractivity contribution is 7.91. The van der Waals surface area contributed by atoms with Crippen molar-refractivity contribution in [2.75, 3.05) is 6.61 Å². The lowest BCUT2D eigenvalue weighted by molar-refractivity contribution is -0.0976. The molecule has 5 nitrogen and oxygen atoms in total. The molecule has 0 aromatic heterocycles. The Morgan fingerprint density at radius 3 is 2.38 bits per heavy atom. The second kappa shape index (κ2) is 6.90. The van der Waals surface area contributed by atoms with Crippen molar-refractivity contribution < 1.29 is 46.0 Å². The van der Waals surface area contributed by atoms with Crippen molar-refractivity contribution in [1.29, 1.82) is 0 Å². The van der Waals surface area contributed by atoms with Crippen molar-refractivity contribution >= 4 is 9.84 Å². The summed E-state index contributed by atoms with van der Waals surface area (Å²) in [4.78, 5) is -1.05. The van der Waals surface area contributed by atoms with E-state index in [9.17, 15) is 36.2 Å². The maximum absolute atomic E-state index is 13.8. The number of aliphatic hydroxyl groups is 3. The van der Waals surface area contributed by atoms with Crippen LogP contribution in [0.3, 0.4) is 0 Å². The lowest BCUT2D eigenvalue weighted by atomic mass is 9.98. The van der Waals surface area contributed by atoms with Crippen LogP contribution in [0.5, 0.6) is 0 Å². The molecule has 2 rings (SSSR count). The summed E-state index contributed by atoms with van der Waals surface area (Å²) in [7, 11) is -5.17. The van der Waals surface area contributed by atoms with Crippen molar-refractivity contribution in [3.05, 3.63) is 28.8 Å². The zero-order valence-corrected chi connectivity index (χ0v) is 12.8. The zero-order valence-electron chi connectivity index (χ0n) is 12.0. The first-order valence-electron chi connectivity index (χ1n) is 6.54. The van der Waals surface area contributed by atoms with Crippen LogP contribution < -0.4 is 0 Å². The van der Waals surface area contributed by atoms with Gasteiger partial charge in [0.15, 0.2) is 0 Å². The van der Waals surface area contributed by atoms with Crippen LogP contribution in [0, 0.1) is 0 Å². The molecule has 0 bridgehead atoms. The lowest BCUT2D eigenvalue weighted by Crippen LogP contribution is -2.23. The Bertz CT molecular complexity index is 707. The van der Waals surface area contributed by atoms with E-state index < -0.39 is 57.2 Å². The van der Waals surface area contributed by atoms with Gasteiger partial charge in [-0.05, 0) is 17.2 Å². The zero-order chi connectivity index (χ0) is 17.6. The highest BCUT2D eigenvalue weighted by Gasteiger charge is 2.50. The molecule has 1 aromatic carbocycles. The van der Waals surface area contributed by atoms with Crippen LogP contribution in [0.1, 0.15) is 22.8 Å². The molecular weight excluding hydrogens is 363 g/mol. The molecule has 11 heteroatoms.